The highest BCUT2D eigenvalue weighted by Crippen LogP contribution is 2.25. The fraction of sp³-hybridized carbons (Fsp3) is 0.231. The summed E-state index contributed by atoms with van der Waals surface area (Å²) in [6, 6.07) is 9.91. The molecular formula is C13H16N2O. The Hall–Kier alpha value is -1.90. The minimum Gasteiger partial charge on any atom is -0.497 e. The first-order valence-electron chi connectivity index (χ1n) is 5.22. The molecule has 3 heteroatoms. The number of benzene rings is 1. The lowest BCUT2D eigenvalue weighted by Gasteiger charge is -2.13. The van der Waals surface area contributed by atoms with Crippen LogP contribution in [0.5, 0.6) is 5.75 Å². The van der Waals surface area contributed by atoms with Gasteiger partial charge in [-0.1, -0.05) is 0 Å². The summed E-state index contributed by atoms with van der Waals surface area (Å²) in [5, 5.41) is 0. The molecule has 1 aromatic heterocycles. The number of hydrogen-bond acceptors (Lipinski definition) is 2. The topological polar surface area (TPSA) is 40.2 Å². The molecule has 0 saturated carbocycles. The van der Waals surface area contributed by atoms with Crippen molar-refractivity contribution in [1.29, 1.82) is 0 Å². The third-order valence-electron chi connectivity index (χ3n) is 2.75. The van der Waals surface area contributed by atoms with Crippen LogP contribution in [0.4, 0.5) is 5.69 Å². The van der Waals surface area contributed by atoms with Crippen molar-refractivity contribution in [1.82, 2.24) is 4.57 Å². The second-order valence-corrected chi connectivity index (χ2v) is 3.88. The lowest BCUT2D eigenvalue weighted by Crippen LogP contribution is -2.03. The maximum Gasteiger partial charge on any atom is 0.121 e. The van der Waals surface area contributed by atoms with E-state index in [-0.39, 0.29) is 0 Å². The second-order valence-electron chi connectivity index (χ2n) is 3.88. The molecule has 0 spiro atoms. The molecule has 0 bridgehead atoms. The van der Waals surface area contributed by atoms with Gasteiger partial charge in [-0.05, 0) is 38.1 Å². The third-order valence-corrected chi connectivity index (χ3v) is 2.75. The van der Waals surface area contributed by atoms with E-state index >= 15 is 0 Å². The van der Waals surface area contributed by atoms with Crippen LogP contribution < -0.4 is 10.5 Å². The summed E-state index contributed by atoms with van der Waals surface area (Å²) in [5.41, 5.74) is 10.1. The number of hydrogen-bond donors (Lipinski definition) is 1. The van der Waals surface area contributed by atoms with Gasteiger partial charge < -0.3 is 15.0 Å². The van der Waals surface area contributed by atoms with Crippen molar-refractivity contribution in [2.24, 2.45) is 0 Å². The Kier molecular flexibility index (Phi) is 2.60. The van der Waals surface area contributed by atoms with Crippen LogP contribution in [-0.2, 0) is 0 Å². The number of nitrogens with two attached hydrogens (primary N) is 1. The highest BCUT2D eigenvalue weighted by molar-refractivity contribution is 5.62. The van der Waals surface area contributed by atoms with E-state index in [9.17, 15) is 0 Å². The standard InChI is InChI=1S/C13H16N2O/c1-9-4-5-10(2)15(9)13-7-6-11(16-3)8-12(13)14/h4-8H,14H2,1-3H3. The summed E-state index contributed by atoms with van der Waals surface area (Å²) in [4.78, 5) is 0. The van der Waals surface area contributed by atoms with Gasteiger partial charge >= 0.3 is 0 Å². The van der Waals surface area contributed by atoms with Crippen molar-refractivity contribution in [3.63, 3.8) is 0 Å². The normalized spacial score (nSPS) is 10.4. The van der Waals surface area contributed by atoms with E-state index in [2.05, 4.69) is 30.5 Å². The minimum atomic E-state index is 0.724. The van der Waals surface area contributed by atoms with Gasteiger partial charge in [0.2, 0.25) is 0 Å². The first kappa shape index (κ1) is 10.6. The lowest BCUT2D eigenvalue weighted by molar-refractivity contribution is 0.415. The predicted molar refractivity (Wildman–Crippen MR) is 66.2 cm³/mol. The lowest BCUT2D eigenvalue weighted by atomic mass is 10.2. The van der Waals surface area contributed by atoms with Gasteiger partial charge in [-0.25, -0.2) is 0 Å². The molecule has 0 unspecified atom stereocenters. The zero-order chi connectivity index (χ0) is 11.7. The molecule has 1 aromatic carbocycles. The Morgan fingerprint density at radius 2 is 1.69 bits per heavy atom. The summed E-state index contributed by atoms with van der Waals surface area (Å²) in [6.07, 6.45) is 0. The molecule has 0 aliphatic rings. The monoisotopic (exact) mass is 216 g/mol. The quantitative estimate of drug-likeness (QED) is 0.784. The number of nitrogens with zero attached hydrogens (tertiary/aromatic N) is 1. The van der Waals surface area contributed by atoms with E-state index in [1.807, 2.05) is 18.2 Å². The molecule has 0 aliphatic heterocycles. The van der Waals surface area contributed by atoms with Crippen LogP contribution in [0.1, 0.15) is 11.4 Å². The number of aryl methyl sites for hydroxylation is 2. The van der Waals surface area contributed by atoms with Crippen molar-refractivity contribution < 1.29 is 4.74 Å². The average Bonchev–Trinajstić information content (AvgIpc) is 2.59. The summed E-state index contributed by atoms with van der Waals surface area (Å²) < 4.78 is 7.27. The third kappa shape index (κ3) is 1.65. The van der Waals surface area contributed by atoms with Gasteiger partial charge in [0.05, 0.1) is 18.5 Å². The van der Waals surface area contributed by atoms with E-state index in [0.29, 0.717) is 0 Å². The zero-order valence-electron chi connectivity index (χ0n) is 9.82. The van der Waals surface area contributed by atoms with Crippen LogP contribution in [0.3, 0.4) is 0 Å². The first-order valence-corrected chi connectivity index (χ1v) is 5.22. The fourth-order valence-corrected chi connectivity index (χ4v) is 1.91. The van der Waals surface area contributed by atoms with E-state index in [1.165, 1.54) is 11.4 Å². The molecule has 1 heterocycles. The molecule has 0 aliphatic carbocycles. The second kappa shape index (κ2) is 3.93. The highest BCUT2D eigenvalue weighted by atomic mass is 16.5. The Balaban J connectivity index is 2.57. The molecule has 3 nitrogen and oxygen atoms in total. The number of methoxy groups -OCH3 is 1. The molecule has 2 N–H and O–H groups in total. The maximum atomic E-state index is 6.03. The van der Waals surface area contributed by atoms with Gasteiger partial charge in [0, 0.05) is 17.5 Å². The molecule has 0 fully saturated rings. The van der Waals surface area contributed by atoms with Crippen molar-refractivity contribution in [2.75, 3.05) is 12.8 Å². The van der Waals surface area contributed by atoms with E-state index in [4.69, 9.17) is 10.5 Å². The molecule has 2 rings (SSSR count). The smallest absolute Gasteiger partial charge is 0.121 e. The van der Waals surface area contributed by atoms with Crippen LogP contribution in [0, 0.1) is 13.8 Å². The van der Waals surface area contributed by atoms with Crippen LogP contribution in [-0.4, -0.2) is 11.7 Å². The SMILES string of the molecule is COc1ccc(-n2c(C)ccc2C)c(N)c1. The van der Waals surface area contributed by atoms with Gasteiger partial charge in [-0.2, -0.15) is 0 Å². The number of aromatic nitrogens is 1. The molecule has 0 radical (unpaired) electrons. The molecule has 0 saturated heterocycles. The largest absolute Gasteiger partial charge is 0.497 e. The predicted octanol–water partition coefficient (Wildman–Crippen LogP) is 2.68. The summed E-state index contributed by atoms with van der Waals surface area (Å²) in [5.74, 6) is 0.781. The van der Waals surface area contributed by atoms with Gasteiger partial charge in [0.1, 0.15) is 5.75 Å². The molecular weight excluding hydrogens is 200 g/mol. The van der Waals surface area contributed by atoms with E-state index in [1.54, 1.807) is 7.11 Å². The highest BCUT2D eigenvalue weighted by Gasteiger charge is 2.07. The molecule has 2 aromatic rings. The molecule has 16 heavy (non-hydrogen) atoms. The van der Waals surface area contributed by atoms with Crippen LogP contribution in [0.2, 0.25) is 0 Å². The minimum absolute atomic E-state index is 0.724. The zero-order valence-corrected chi connectivity index (χ0v) is 9.82. The maximum absolute atomic E-state index is 6.03. The molecule has 84 valence electrons. The van der Waals surface area contributed by atoms with Crippen molar-refractivity contribution >= 4 is 5.69 Å². The van der Waals surface area contributed by atoms with Gasteiger partial charge in [-0.15, -0.1) is 0 Å². The summed E-state index contributed by atoms with van der Waals surface area (Å²) in [7, 11) is 1.64. The Morgan fingerprint density at radius 3 is 2.19 bits per heavy atom. The van der Waals surface area contributed by atoms with Gasteiger partial charge in [0.25, 0.3) is 0 Å². The van der Waals surface area contributed by atoms with Crippen LogP contribution in [0.15, 0.2) is 30.3 Å². The fourth-order valence-electron chi connectivity index (χ4n) is 1.91. The van der Waals surface area contributed by atoms with Crippen molar-refractivity contribution in [3.05, 3.63) is 41.7 Å². The Bertz CT molecular complexity index is 495. The number of nitrogen functional groups attached to an aromatic ring is 1. The molecule has 0 atom stereocenters. The average molecular weight is 216 g/mol. The Morgan fingerprint density at radius 1 is 1.06 bits per heavy atom. The van der Waals surface area contributed by atoms with Gasteiger partial charge in [-0.3, -0.25) is 0 Å². The van der Waals surface area contributed by atoms with Crippen LogP contribution in [0.25, 0.3) is 5.69 Å². The summed E-state index contributed by atoms with van der Waals surface area (Å²) >= 11 is 0. The number of rotatable bonds is 2. The number of ether oxygens (including phenoxy) is 1. The van der Waals surface area contributed by atoms with E-state index in [0.717, 1.165) is 17.1 Å². The Labute approximate surface area is 95.5 Å². The van der Waals surface area contributed by atoms with Crippen LogP contribution >= 0.6 is 0 Å². The summed E-state index contributed by atoms with van der Waals surface area (Å²) in [6.45, 7) is 4.13. The first-order chi connectivity index (χ1) is 7.63. The van der Waals surface area contributed by atoms with E-state index < -0.39 is 0 Å². The molecule has 0 amide bonds. The van der Waals surface area contributed by atoms with Crippen molar-refractivity contribution in [3.8, 4) is 11.4 Å². The number of anilines is 1. The van der Waals surface area contributed by atoms with Gasteiger partial charge in [0.15, 0.2) is 0 Å². The van der Waals surface area contributed by atoms with Crippen molar-refractivity contribution in [2.45, 2.75) is 13.8 Å².